The number of carbonyl (C=O) groups excluding carboxylic acids is 1. The van der Waals surface area contributed by atoms with Gasteiger partial charge in [0.15, 0.2) is 0 Å². The molecule has 1 aliphatic rings. The Balaban J connectivity index is 1.88. The number of aliphatic hydroxyl groups is 1. The van der Waals surface area contributed by atoms with Crippen LogP contribution in [0.15, 0.2) is 30.5 Å². The molecule has 0 bridgehead atoms. The number of ether oxygens (including phenoxy) is 1. The van der Waals surface area contributed by atoms with E-state index in [1.165, 1.54) is 19.2 Å². The average molecular weight is 379 g/mol. The number of hydrogen-bond donors (Lipinski definition) is 2. The lowest BCUT2D eigenvalue weighted by Gasteiger charge is -2.38. The second-order valence-corrected chi connectivity index (χ2v) is 6.90. The summed E-state index contributed by atoms with van der Waals surface area (Å²) in [5, 5.41) is 12.6. The van der Waals surface area contributed by atoms with Crippen molar-refractivity contribution in [2.75, 3.05) is 7.11 Å². The Hall–Kier alpha value is -2.18. The number of aryl methyl sites for hydroxylation is 1. The van der Waals surface area contributed by atoms with Crippen LogP contribution in [0, 0.1) is 18.7 Å². The number of halogens is 2. The number of amides is 1. The van der Waals surface area contributed by atoms with E-state index in [0.717, 1.165) is 5.56 Å². The highest BCUT2D eigenvalue weighted by molar-refractivity contribution is 6.34. The van der Waals surface area contributed by atoms with E-state index in [4.69, 9.17) is 16.3 Å². The fraction of sp³-hybridized carbons (Fsp3) is 0.368. The van der Waals surface area contributed by atoms with Gasteiger partial charge in [0.1, 0.15) is 5.82 Å². The molecule has 1 fully saturated rings. The molecule has 0 aliphatic heterocycles. The normalized spacial score (nSPS) is 20.2. The molecule has 1 atom stereocenters. The largest absolute Gasteiger partial charge is 0.481 e. The van der Waals surface area contributed by atoms with Crippen LogP contribution in [0.25, 0.3) is 0 Å². The van der Waals surface area contributed by atoms with E-state index in [0.29, 0.717) is 24.3 Å². The van der Waals surface area contributed by atoms with E-state index < -0.39 is 17.8 Å². The molecule has 7 heteroatoms. The van der Waals surface area contributed by atoms with Crippen molar-refractivity contribution in [3.63, 3.8) is 0 Å². The van der Waals surface area contributed by atoms with Crippen LogP contribution < -0.4 is 10.1 Å². The maximum atomic E-state index is 14.2. The Morgan fingerprint density at radius 1 is 1.38 bits per heavy atom. The van der Waals surface area contributed by atoms with Gasteiger partial charge >= 0.3 is 0 Å². The number of nitrogens with one attached hydrogen (secondary N) is 1. The van der Waals surface area contributed by atoms with Crippen molar-refractivity contribution in [1.82, 2.24) is 10.3 Å². The number of aliphatic hydroxyl groups excluding tert-OH is 1. The van der Waals surface area contributed by atoms with Crippen LogP contribution in [0.5, 0.6) is 5.88 Å². The van der Waals surface area contributed by atoms with E-state index in [1.807, 2.05) is 0 Å². The van der Waals surface area contributed by atoms with E-state index in [2.05, 4.69) is 10.3 Å². The van der Waals surface area contributed by atoms with Crippen LogP contribution >= 0.6 is 11.6 Å². The lowest BCUT2D eigenvalue weighted by Crippen LogP contribution is -2.41. The molecule has 1 aromatic heterocycles. The third kappa shape index (κ3) is 3.66. The number of hydrogen-bond acceptors (Lipinski definition) is 4. The number of rotatable bonds is 5. The minimum absolute atomic E-state index is 0.0378. The maximum Gasteiger partial charge on any atom is 0.256 e. The minimum atomic E-state index is -0.668. The van der Waals surface area contributed by atoms with Crippen molar-refractivity contribution < 1.29 is 19.0 Å². The standard InChI is InChI=1S/C19H20ClFN2O3/c1-10-3-5-14(21)16(17(10)20)19(25)23-18(12-7-13(24)8-12)11-4-6-15(26-2)22-9-11/h3-6,9,12-13,18,24H,7-8H2,1-2H3,(H,23,25)/t12?,13?,18-/m0/s1. The third-order valence-corrected chi connectivity index (χ3v) is 5.23. The van der Waals surface area contributed by atoms with Gasteiger partial charge in [-0.3, -0.25) is 4.79 Å². The number of pyridine rings is 1. The second kappa shape index (κ2) is 7.60. The lowest BCUT2D eigenvalue weighted by atomic mass is 9.75. The summed E-state index contributed by atoms with van der Waals surface area (Å²) in [4.78, 5) is 16.9. The average Bonchev–Trinajstić information content (AvgIpc) is 2.61. The van der Waals surface area contributed by atoms with Gasteiger partial charge < -0.3 is 15.2 Å². The predicted molar refractivity (Wildman–Crippen MR) is 95.9 cm³/mol. The fourth-order valence-corrected chi connectivity index (χ4v) is 3.39. The molecule has 5 nitrogen and oxygen atoms in total. The molecular formula is C19H20ClFN2O3. The summed E-state index contributed by atoms with van der Waals surface area (Å²) in [5.41, 5.74) is 1.22. The Morgan fingerprint density at radius 3 is 2.69 bits per heavy atom. The Labute approximate surface area is 156 Å². The minimum Gasteiger partial charge on any atom is -0.481 e. The Kier molecular flexibility index (Phi) is 5.44. The number of nitrogens with zero attached hydrogens (tertiary/aromatic N) is 1. The first-order chi connectivity index (χ1) is 12.4. The van der Waals surface area contributed by atoms with Crippen molar-refractivity contribution in [2.24, 2.45) is 5.92 Å². The van der Waals surface area contributed by atoms with Gasteiger partial charge in [-0.2, -0.15) is 0 Å². The van der Waals surface area contributed by atoms with Crippen molar-refractivity contribution in [1.29, 1.82) is 0 Å². The van der Waals surface area contributed by atoms with E-state index in [-0.39, 0.29) is 22.6 Å². The van der Waals surface area contributed by atoms with Crippen LogP contribution in [-0.4, -0.2) is 29.2 Å². The summed E-state index contributed by atoms with van der Waals surface area (Å²) in [6.07, 6.45) is 2.34. The summed E-state index contributed by atoms with van der Waals surface area (Å²) >= 11 is 6.14. The Morgan fingerprint density at radius 2 is 2.12 bits per heavy atom. The molecule has 2 N–H and O–H groups in total. The zero-order valence-corrected chi connectivity index (χ0v) is 15.3. The molecule has 1 heterocycles. The van der Waals surface area contributed by atoms with Crippen LogP contribution in [0.3, 0.4) is 0 Å². The first kappa shape index (κ1) is 18.6. The molecule has 1 saturated carbocycles. The van der Waals surface area contributed by atoms with Crippen LogP contribution in [0.2, 0.25) is 5.02 Å². The van der Waals surface area contributed by atoms with Gasteiger partial charge in [0, 0.05) is 12.3 Å². The number of aromatic nitrogens is 1. The van der Waals surface area contributed by atoms with E-state index >= 15 is 0 Å². The SMILES string of the molecule is COc1ccc([C@H](NC(=O)c2c(F)ccc(C)c2Cl)C2CC(O)C2)cn1. The molecule has 1 aliphatic carbocycles. The predicted octanol–water partition coefficient (Wildman–Crippen LogP) is 3.43. The van der Waals surface area contributed by atoms with E-state index in [1.54, 1.807) is 25.3 Å². The fourth-order valence-electron chi connectivity index (χ4n) is 3.15. The van der Waals surface area contributed by atoms with Gasteiger partial charge in [-0.15, -0.1) is 0 Å². The highest BCUT2D eigenvalue weighted by Crippen LogP contribution is 2.38. The number of methoxy groups -OCH3 is 1. The zero-order valence-electron chi connectivity index (χ0n) is 14.5. The van der Waals surface area contributed by atoms with Crippen molar-refractivity contribution in [2.45, 2.75) is 31.9 Å². The lowest BCUT2D eigenvalue weighted by molar-refractivity contribution is 0.0234. The Bertz CT molecular complexity index is 807. The van der Waals surface area contributed by atoms with Crippen LogP contribution in [-0.2, 0) is 0 Å². The molecule has 0 spiro atoms. The molecule has 0 saturated heterocycles. The molecule has 0 unspecified atom stereocenters. The highest BCUT2D eigenvalue weighted by Gasteiger charge is 2.36. The molecule has 138 valence electrons. The first-order valence-electron chi connectivity index (χ1n) is 8.34. The van der Waals surface area contributed by atoms with Crippen molar-refractivity contribution >= 4 is 17.5 Å². The molecule has 2 aromatic rings. The molecular weight excluding hydrogens is 359 g/mol. The van der Waals surface area contributed by atoms with Gasteiger partial charge in [-0.1, -0.05) is 23.7 Å². The maximum absolute atomic E-state index is 14.2. The van der Waals surface area contributed by atoms with Crippen LogP contribution in [0.4, 0.5) is 4.39 Å². The number of carbonyl (C=O) groups is 1. The second-order valence-electron chi connectivity index (χ2n) is 6.52. The van der Waals surface area contributed by atoms with Gasteiger partial charge in [-0.25, -0.2) is 9.37 Å². The molecule has 26 heavy (non-hydrogen) atoms. The number of benzene rings is 1. The smallest absolute Gasteiger partial charge is 0.256 e. The monoisotopic (exact) mass is 378 g/mol. The molecule has 0 radical (unpaired) electrons. The van der Waals surface area contributed by atoms with Gasteiger partial charge in [0.2, 0.25) is 5.88 Å². The summed E-state index contributed by atoms with van der Waals surface area (Å²) in [7, 11) is 1.52. The summed E-state index contributed by atoms with van der Waals surface area (Å²) in [5.74, 6) is -0.757. The highest BCUT2D eigenvalue weighted by atomic mass is 35.5. The first-order valence-corrected chi connectivity index (χ1v) is 8.72. The molecule has 1 amide bonds. The third-order valence-electron chi connectivity index (χ3n) is 4.75. The summed E-state index contributed by atoms with van der Waals surface area (Å²) in [6, 6.07) is 5.86. The summed E-state index contributed by atoms with van der Waals surface area (Å²) < 4.78 is 19.2. The topological polar surface area (TPSA) is 71.5 Å². The van der Waals surface area contributed by atoms with Gasteiger partial charge in [0.05, 0.1) is 29.8 Å². The van der Waals surface area contributed by atoms with Crippen LogP contribution in [0.1, 0.15) is 40.4 Å². The quantitative estimate of drug-likeness (QED) is 0.836. The summed E-state index contributed by atoms with van der Waals surface area (Å²) in [6.45, 7) is 1.71. The van der Waals surface area contributed by atoms with Crippen molar-refractivity contribution in [3.8, 4) is 5.88 Å². The molecule has 1 aromatic carbocycles. The van der Waals surface area contributed by atoms with Gasteiger partial charge in [0.25, 0.3) is 5.91 Å². The van der Waals surface area contributed by atoms with Gasteiger partial charge in [-0.05, 0) is 42.9 Å². The molecule has 3 rings (SSSR count). The zero-order chi connectivity index (χ0) is 18.8. The van der Waals surface area contributed by atoms with Crippen molar-refractivity contribution in [3.05, 3.63) is 58.0 Å². The van der Waals surface area contributed by atoms with E-state index in [9.17, 15) is 14.3 Å².